The lowest BCUT2D eigenvalue weighted by Crippen LogP contribution is -2.25. The van der Waals surface area contributed by atoms with Crippen molar-refractivity contribution < 1.29 is 4.79 Å². The molecule has 1 N–H and O–H groups in total. The fourth-order valence-corrected chi connectivity index (χ4v) is 2.85. The summed E-state index contributed by atoms with van der Waals surface area (Å²) < 4.78 is 0.845. The van der Waals surface area contributed by atoms with Crippen LogP contribution in [0.2, 0.25) is 0 Å². The van der Waals surface area contributed by atoms with E-state index in [0.717, 1.165) is 16.6 Å². The second kappa shape index (κ2) is 5.93. The van der Waals surface area contributed by atoms with E-state index in [9.17, 15) is 4.79 Å². The molecule has 0 aliphatic heterocycles. The lowest BCUT2D eigenvalue weighted by Gasteiger charge is -2.03. The molecular weight excluding hydrogens is 300 g/mol. The van der Waals surface area contributed by atoms with Gasteiger partial charge in [0.05, 0.1) is 0 Å². The molecule has 0 fully saturated rings. The van der Waals surface area contributed by atoms with Gasteiger partial charge in [-0.2, -0.15) is 0 Å². The predicted molar refractivity (Wildman–Crippen MR) is 72.3 cm³/mol. The summed E-state index contributed by atoms with van der Waals surface area (Å²) in [6.07, 6.45) is 2.50. The molecule has 0 saturated heterocycles. The van der Waals surface area contributed by atoms with Gasteiger partial charge in [0.1, 0.15) is 4.88 Å². The van der Waals surface area contributed by atoms with Crippen molar-refractivity contribution in [3.05, 3.63) is 50.9 Å². The van der Waals surface area contributed by atoms with Gasteiger partial charge >= 0.3 is 0 Å². The summed E-state index contributed by atoms with van der Waals surface area (Å²) in [5, 5.41) is 4.76. The summed E-state index contributed by atoms with van der Waals surface area (Å²) in [4.78, 5) is 16.7. The van der Waals surface area contributed by atoms with Crippen LogP contribution in [0.4, 0.5) is 0 Å². The number of amides is 1. The monoisotopic (exact) mass is 310 g/mol. The Bertz CT molecular complexity index is 498. The number of carbonyl (C=O) groups is 1. The molecule has 1 amide bonds. The van der Waals surface area contributed by atoms with Crippen molar-refractivity contribution in [2.75, 3.05) is 6.54 Å². The minimum Gasteiger partial charge on any atom is -0.351 e. The molecular formula is C12H11BrN2OS. The van der Waals surface area contributed by atoms with E-state index in [4.69, 9.17) is 0 Å². The number of carbonyl (C=O) groups excluding carboxylic acids is 1. The van der Waals surface area contributed by atoms with Crippen LogP contribution < -0.4 is 5.32 Å². The van der Waals surface area contributed by atoms with Gasteiger partial charge in [0.15, 0.2) is 0 Å². The standard InChI is InChI=1S/C12H11BrN2OS/c13-10-5-8-17-11(10)12(16)15-7-4-9-3-1-2-6-14-9/h1-3,5-6,8H,4,7H2,(H,15,16). The summed E-state index contributed by atoms with van der Waals surface area (Å²) in [5.41, 5.74) is 0.984. The molecule has 0 spiro atoms. The molecule has 0 aliphatic rings. The molecule has 88 valence electrons. The molecule has 0 aliphatic carbocycles. The van der Waals surface area contributed by atoms with E-state index >= 15 is 0 Å². The summed E-state index contributed by atoms with van der Waals surface area (Å²) in [6, 6.07) is 7.65. The van der Waals surface area contributed by atoms with Crippen LogP contribution in [0.3, 0.4) is 0 Å². The third-order valence-electron chi connectivity index (χ3n) is 2.22. The molecule has 2 rings (SSSR count). The van der Waals surface area contributed by atoms with Crippen molar-refractivity contribution in [3.8, 4) is 0 Å². The van der Waals surface area contributed by atoms with Gasteiger partial charge in [0.25, 0.3) is 5.91 Å². The molecule has 0 bridgehead atoms. The molecule has 2 aromatic rings. The lowest BCUT2D eigenvalue weighted by atomic mass is 10.3. The predicted octanol–water partition coefficient (Wildman–Crippen LogP) is 2.88. The summed E-state index contributed by atoms with van der Waals surface area (Å²) in [7, 11) is 0. The zero-order valence-electron chi connectivity index (χ0n) is 9.02. The Labute approximate surface area is 112 Å². The van der Waals surface area contributed by atoms with Crippen LogP contribution in [0.15, 0.2) is 40.3 Å². The van der Waals surface area contributed by atoms with E-state index in [2.05, 4.69) is 26.2 Å². The quantitative estimate of drug-likeness (QED) is 0.943. The van der Waals surface area contributed by atoms with Gasteiger partial charge in [-0.25, -0.2) is 0 Å². The minimum atomic E-state index is -0.0391. The molecule has 0 unspecified atom stereocenters. The van der Waals surface area contributed by atoms with Crippen LogP contribution in [0, 0.1) is 0 Å². The van der Waals surface area contributed by atoms with E-state index < -0.39 is 0 Å². The van der Waals surface area contributed by atoms with Crippen LogP contribution in [0.25, 0.3) is 0 Å². The second-order valence-electron chi connectivity index (χ2n) is 3.42. The Kier molecular flexibility index (Phi) is 4.28. The zero-order chi connectivity index (χ0) is 12.1. The summed E-state index contributed by atoms with van der Waals surface area (Å²) >= 11 is 4.77. The maximum Gasteiger partial charge on any atom is 0.262 e. The largest absolute Gasteiger partial charge is 0.351 e. The number of halogens is 1. The third kappa shape index (κ3) is 3.38. The Hall–Kier alpha value is -1.20. The number of hydrogen-bond donors (Lipinski definition) is 1. The highest BCUT2D eigenvalue weighted by Gasteiger charge is 2.10. The first-order chi connectivity index (χ1) is 8.27. The van der Waals surface area contributed by atoms with E-state index in [1.165, 1.54) is 11.3 Å². The van der Waals surface area contributed by atoms with Gasteiger partial charge in [-0.15, -0.1) is 11.3 Å². The van der Waals surface area contributed by atoms with Gasteiger partial charge in [-0.05, 0) is 39.5 Å². The normalized spacial score (nSPS) is 10.2. The highest BCUT2D eigenvalue weighted by Crippen LogP contribution is 2.22. The number of aromatic nitrogens is 1. The topological polar surface area (TPSA) is 42.0 Å². The van der Waals surface area contributed by atoms with Gasteiger partial charge < -0.3 is 5.32 Å². The molecule has 0 saturated carbocycles. The molecule has 17 heavy (non-hydrogen) atoms. The third-order valence-corrected chi connectivity index (χ3v) is 4.05. The number of nitrogens with one attached hydrogen (secondary N) is 1. The number of hydrogen-bond acceptors (Lipinski definition) is 3. The van der Waals surface area contributed by atoms with Crippen LogP contribution in [-0.2, 0) is 6.42 Å². The van der Waals surface area contributed by atoms with Crippen molar-refractivity contribution in [1.82, 2.24) is 10.3 Å². The first kappa shape index (κ1) is 12.3. The maximum atomic E-state index is 11.8. The van der Waals surface area contributed by atoms with Crippen LogP contribution in [-0.4, -0.2) is 17.4 Å². The highest BCUT2D eigenvalue weighted by molar-refractivity contribution is 9.10. The Balaban J connectivity index is 1.84. The first-order valence-electron chi connectivity index (χ1n) is 5.18. The van der Waals surface area contributed by atoms with Crippen LogP contribution in [0.1, 0.15) is 15.4 Å². The number of rotatable bonds is 4. The summed E-state index contributed by atoms with van der Waals surface area (Å²) in [5.74, 6) is -0.0391. The fraction of sp³-hybridized carbons (Fsp3) is 0.167. The number of thiophene rings is 1. The molecule has 2 aromatic heterocycles. The molecule has 0 atom stereocenters. The van der Waals surface area contributed by atoms with Crippen molar-refractivity contribution >= 4 is 33.2 Å². The number of pyridine rings is 1. The smallest absolute Gasteiger partial charge is 0.262 e. The van der Waals surface area contributed by atoms with E-state index in [0.29, 0.717) is 11.4 Å². The Morgan fingerprint density at radius 1 is 1.41 bits per heavy atom. The van der Waals surface area contributed by atoms with Crippen LogP contribution >= 0.6 is 27.3 Å². The minimum absolute atomic E-state index is 0.0391. The SMILES string of the molecule is O=C(NCCc1ccccn1)c1sccc1Br. The van der Waals surface area contributed by atoms with Crippen molar-refractivity contribution in [2.45, 2.75) is 6.42 Å². The Morgan fingerprint density at radius 2 is 2.29 bits per heavy atom. The second-order valence-corrected chi connectivity index (χ2v) is 5.20. The van der Waals surface area contributed by atoms with Gasteiger partial charge in [-0.3, -0.25) is 9.78 Å². The molecule has 0 radical (unpaired) electrons. The van der Waals surface area contributed by atoms with Crippen LogP contribution in [0.5, 0.6) is 0 Å². The summed E-state index contributed by atoms with van der Waals surface area (Å²) in [6.45, 7) is 0.597. The van der Waals surface area contributed by atoms with Gasteiger partial charge in [-0.1, -0.05) is 6.07 Å². The van der Waals surface area contributed by atoms with Crippen molar-refractivity contribution in [2.24, 2.45) is 0 Å². The maximum absolute atomic E-state index is 11.8. The van der Waals surface area contributed by atoms with E-state index in [1.54, 1.807) is 6.20 Å². The fourth-order valence-electron chi connectivity index (χ4n) is 1.39. The molecule has 5 heteroatoms. The Morgan fingerprint density at radius 3 is 2.94 bits per heavy atom. The molecule has 0 aromatic carbocycles. The average Bonchev–Trinajstić information content (AvgIpc) is 2.77. The molecule has 2 heterocycles. The van der Waals surface area contributed by atoms with Crippen molar-refractivity contribution in [3.63, 3.8) is 0 Å². The zero-order valence-corrected chi connectivity index (χ0v) is 11.4. The highest BCUT2D eigenvalue weighted by atomic mass is 79.9. The van der Waals surface area contributed by atoms with E-state index in [1.807, 2.05) is 29.6 Å². The average molecular weight is 311 g/mol. The van der Waals surface area contributed by atoms with Gasteiger partial charge in [0.2, 0.25) is 0 Å². The van der Waals surface area contributed by atoms with Crippen molar-refractivity contribution in [1.29, 1.82) is 0 Å². The molecule has 3 nitrogen and oxygen atoms in total. The van der Waals surface area contributed by atoms with E-state index in [-0.39, 0.29) is 5.91 Å². The number of nitrogens with zero attached hydrogens (tertiary/aromatic N) is 1. The van der Waals surface area contributed by atoms with Gasteiger partial charge in [0, 0.05) is 29.3 Å². The first-order valence-corrected chi connectivity index (χ1v) is 6.86. The lowest BCUT2D eigenvalue weighted by molar-refractivity contribution is 0.0957.